The number of aromatic nitrogens is 3. The first kappa shape index (κ1) is 20.8. The molecule has 1 aliphatic carbocycles. The van der Waals surface area contributed by atoms with E-state index < -0.39 is 11.4 Å². The van der Waals surface area contributed by atoms with Gasteiger partial charge in [0.2, 0.25) is 0 Å². The van der Waals surface area contributed by atoms with E-state index in [2.05, 4.69) is 20.8 Å². The predicted octanol–water partition coefficient (Wildman–Crippen LogP) is 2.79. The molecule has 1 unspecified atom stereocenters. The summed E-state index contributed by atoms with van der Waals surface area (Å²) >= 11 is 0. The van der Waals surface area contributed by atoms with Crippen molar-refractivity contribution in [3.63, 3.8) is 0 Å². The van der Waals surface area contributed by atoms with Gasteiger partial charge < -0.3 is 19.5 Å². The van der Waals surface area contributed by atoms with Crippen LogP contribution in [0.4, 0.5) is 0 Å². The fourth-order valence-electron chi connectivity index (χ4n) is 4.60. The molecule has 0 amide bonds. The minimum Gasteiger partial charge on any atom is -0.477 e. The summed E-state index contributed by atoms with van der Waals surface area (Å²) in [7, 11) is 0. The zero-order valence-corrected chi connectivity index (χ0v) is 17.7. The summed E-state index contributed by atoms with van der Waals surface area (Å²) < 4.78 is 9.93. The fourth-order valence-corrected chi connectivity index (χ4v) is 4.60. The van der Waals surface area contributed by atoms with Gasteiger partial charge >= 0.3 is 5.97 Å². The van der Waals surface area contributed by atoms with Gasteiger partial charge in [-0.1, -0.05) is 20.8 Å². The molecule has 30 heavy (non-hydrogen) atoms. The molecule has 0 fully saturated rings. The molecule has 0 saturated carbocycles. The molecular formula is C22H29N3O5. The predicted molar refractivity (Wildman–Crippen MR) is 111 cm³/mol. The van der Waals surface area contributed by atoms with E-state index in [1.807, 2.05) is 9.25 Å². The molecule has 0 aromatic carbocycles. The second kappa shape index (κ2) is 7.67. The van der Waals surface area contributed by atoms with Crippen LogP contribution in [0.5, 0.6) is 0 Å². The maximum Gasteiger partial charge on any atom is 0.341 e. The summed E-state index contributed by atoms with van der Waals surface area (Å²) in [6.45, 7) is 7.49. The number of fused-ring (bicyclic) bond motifs is 5. The lowest BCUT2D eigenvalue weighted by Crippen LogP contribution is -2.35. The summed E-state index contributed by atoms with van der Waals surface area (Å²) in [6.07, 6.45) is 4.64. The molecule has 8 heteroatoms. The number of carboxylic acids is 1. The topological polar surface area (TPSA) is 107 Å². The molecule has 0 bridgehead atoms. The lowest BCUT2D eigenvalue weighted by Gasteiger charge is -2.38. The minimum absolute atomic E-state index is 0.0474. The van der Waals surface area contributed by atoms with Crippen LogP contribution in [0.25, 0.3) is 11.4 Å². The molecule has 2 aromatic rings. The maximum absolute atomic E-state index is 12.6. The molecule has 4 rings (SSSR count). The average molecular weight is 415 g/mol. The summed E-state index contributed by atoms with van der Waals surface area (Å²) in [5.74, 6) is -1.21. The molecule has 162 valence electrons. The van der Waals surface area contributed by atoms with Crippen molar-refractivity contribution >= 4 is 5.97 Å². The first-order valence-electron chi connectivity index (χ1n) is 10.5. The molecule has 2 N–H and O–H groups in total. The van der Waals surface area contributed by atoms with E-state index in [0.717, 1.165) is 41.9 Å². The zero-order valence-electron chi connectivity index (χ0n) is 17.7. The molecule has 2 aliphatic rings. The maximum atomic E-state index is 12.6. The van der Waals surface area contributed by atoms with Gasteiger partial charge in [-0.15, -0.1) is 0 Å². The highest BCUT2D eigenvalue weighted by atomic mass is 16.5. The van der Waals surface area contributed by atoms with Crippen molar-refractivity contribution in [2.75, 3.05) is 13.2 Å². The Bertz CT molecular complexity index is 1030. The van der Waals surface area contributed by atoms with Crippen LogP contribution in [0, 0.1) is 5.41 Å². The van der Waals surface area contributed by atoms with Gasteiger partial charge in [-0.3, -0.25) is 9.48 Å². The Morgan fingerprint density at radius 2 is 2.13 bits per heavy atom. The van der Waals surface area contributed by atoms with Crippen molar-refractivity contribution < 1.29 is 19.7 Å². The van der Waals surface area contributed by atoms with Gasteiger partial charge in [-0.2, -0.15) is 5.10 Å². The molecular weight excluding hydrogens is 386 g/mol. The van der Waals surface area contributed by atoms with Gasteiger partial charge in [0.15, 0.2) is 5.43 Å². The van der Waals surface area contributed by atoms with Crippen LogP contribution >= 0.6 is 0 Å². The molecule has 3 heterocycles. The lowest BCUT2D eigenvalue weighted by atomic mass is 9.84. The summed E-state index contributed by atoms with van der Waals surface area (Å²) in [5.41, 5.74) is 2.75. The van der Waals surface area contributed by atoms with Gasteiger partial charge in [0.1, 0.15) is 11.7 Å². The van der Waals surface area contributed by atoms with E-state index in [1.54, 1.807) is 0 Å². The molecule has 2 aromatic heterocycles. The normalized spacial score (nSPS) is 20.4. The Morgan fingerprint density at radius 3 is 2.80 bits per heavy atom. The first-order chi connectivity index (χ1) is 14.2. The monoisotopic (exact) mass is 415 g/mol. The van der Waals surface area contributed by atoms with E-state index >= 15 is 0 Å². The number of aromatic carboxylic acids is 1. The quantitative estimate of drug-likeness (QED) is 0.728. The highest BCUT2D eigenvalue weighted by Crippen LogP contribution is 2.44. The lowest BCUT2D eigenvalue weighted by molar-refractivity contribution is 0.0294. The van der Waals surface area contributed by atoms with Crippen LogP contribution in [0.3, 0.4) is 0 Å². The number of ether oxygens (including phenoxy) is 1. The number of aliphatic hydroxyl groups is 1. The fraction of sp³-hybridized carbons (Fsp3) is 0.591. The van der Waals surface area contributed by atoms with Gasteiger partial charge in [-0.25, -0.2) is 4.79 Å². The number of aliphatic hydroxyl groups excluding tert-OH is 1. The van der Waals surface area contributed by atoms with Gasteiger partial charge in [0.25, 0.3) is 0 Å². The van der Waals surface area contributed by atoms with Gasteiger partial charge in [-0.05, 0) is 31.1 Å². The van der Waals surface area contributed by atoms with Crippen LogP contribution in [0.15, 0.2) is 17.1 Å². The summed E-state index contributed by atoms with van der Waals surface area (Å²) in [6, 6.07) is 1.40. The second-order valence-electron chi connectivity index (χ2n) is 9.25. The number of hydrogen-bond acceptors (Lipinski definition) is 5. The highest BCUT2D eigenvalue weighted by molar-refractivity contribution is 5.87. The van der Waals surface area contributed by atoms with Crippen LogP contribution in [0.2, 0.25) is 0 Å². The van der Waals surface area contributed by atoms with Crippen molar-refractivity contribution in [1.82, 2.24) is 14.3 Å². The molecule has 0 radical (unpaired) electrons. The molecule has 1 aliphatic heterocycles. The number of pyridine rings is 1. The van der Waals surface area contributed by atoms with Crippen molar-refractivity contribution in [2.24, 2.45) is 5.41 Å². The standard InChI is InChI=1S/C22H29N3O5/c1-22(2,3)18-12-25-20(15-10-16(27)14(21(28)29)11-24(15)18)13-6-4-7-17(19(13)23-25)30-9-5-8-26/h10-11,17-18,26H,4-9,12H2,1-3H3,(H,28,29)/t17-,18?/m0/s1. The van der Waals surface area contributed by atoms with E-state index in [1.165, 1.54) is 12.3 Å². The second-order valence-corrected chi connectivity index (χ2v) is 9.25. The Labute approximate surface area is 175 Å². The van der Waals surface area contributed by atoms with Crippen molar-refractivity contribution in [1.29, 1.82) is 0 Å². The van der Waals surface area contributed by atoms with E-state index in [4.69, 9.17) is 14.9 Å². The average Bonchev–Trinajstić information content (AvgIpc) is 3.06. The van der Waals surface area contributed by atoms with Crippen molar-refractivity contribution in [3.8, 4) is 11.4 Å². The SMILES string of the molecule is CC(C)(C)C1Cn2nc3c(c2-c2cc(=O)c(C(=O)O)cn21)CCC[C@@H]3OCCCO. The third-order valence-electron chi connectivity index (χ3n) is 6.14. The van der Waals surface area contributed by atoms with Crippen LogP contribution in [-0.4, -0.2) is 43.7 Å². The van der Waals surface area contributed by atoms with E-state index in [0.29, 0.717) is 19.6 Å². The van der Waals surface area contributed by atoms with E-state index in [-0.39, 0.29) is 29.7 Å². The third kappa shape index (κ3) is 3.48. The Balaban J connectivity index is 1.87. The van der Waals surface area contributed by atoms with Crippen molar-refractivity contribution in [2.45, 2.75) is 65.1 Å². The summed E-state index contributed by atoms with van der Waals surface area (Å²) in [4.78, 5) is 24.2. The van der Waals surface area contributed by atoms with Crippen LogP contribution in [0.1, 0.15) is 73.8 Å². The number of carboxylic acid groups (broad SMARTS) is 1. The molecule has 0 saturated heterocycles. The molecule has 2 atom stereocenters. The smallest absolute Gasteiger partial charge is 0.341 e. The Morgan fingerprint density at radius 1 is 1.37 bits per heavy atom. The largest absolute Gasteiger partial charge is 0.477 e. The highest BCUT2D eigenvalue weighted by Gasteiger charge is 2.38. The Hall–Kier alpha value is -2.45. The third-order valence-corrected chi connectivity index (χ3v) is 6.14. The van der Waals surface area contributed by atoms with E-state index in [9.17, 15) is 14.7 Å². The minimum atomic E-state index is -1.21. The molecule has 0 spiro atoms. The molecule has 8 nitrogen and oxygen atoms in total. The van der Waals surface area contributed by atoms with Crippen LogP contribution < -0.4 is 5.43 Å². The number of hydrogen-bond donors (Lipinski definition) is 2. The number of carbonyl (C=O) groups is 1. The van der Waals surface area contributed by atoms with Crippen molar-refractivity contribution in [3.05, 3.63) is 39.3 Å². The zero-order chi connectivity index (χ0) is 21.6. The van der Waals surface area contributed by atoms with Crippen LogP contribution in [-0.2, 0) is 17.7 Å². The van der Waals surface area contributed by atoms with Gasteiger partial charge in [0, 0.05) is 31.0 Å². The Kier molecular flexibility index (Phi) is 5.32. The number of rotatable bonds is 5. The summed E-state index contributed by atoms with van der Waals surface area (Å²) in [5, 5.41) is 23.4. The first-order valence-corrected chi connectivity index (χ1v) is 10.5. The number of nitrogens with zero attached hydrogens (tertiary/aromatic N) is 3. The van der Waals surface area contributed by atoms with Gasteiger partial charge in [0.05, 0.1) is 29.7 Å².